The van der Waals surface area contributed by atoms with Crippen LogP contribution < -0.4 is 10.1 Å². The van der Waals surface area contributed by atoms with Gasteiger partial charge in [0, 0.05) is 18.8 Å². The number of carboxylic acid groups (broad SMARTS) is 1. The Hall–Kier alpha value is -3.04. The minimum absolute atomic E-state index is 0.142. The predicted octanol–water partition coefficient (Wildman–Crippen LogP) is 4.14. The standard InChI is InChI=1S/C24H29N3O3/c1-4-24(23(28)29,26-20-7-5-18(16-25)6-8-20)19-13-17(2)14-22(15-19)30-21-9-11-27(3)12-10-21/h5-8,13-15,21,26H,4,9-12H2,1-3H3,(H,28,29). The molecule has 2 N–H and O–H groups in total. The van der Waals surface area contributed by atoms with Crippen LogP contribution >= 0.6 is 0 Å². The van der Waals surface area contributed by atoms with Crippen molar-refractivity contribution in [2.75, 3.05) is 25.5 Å². The van der Waals surface area contributed by atoms with Crippen molar-refractivity contribution in [3.8, 4) is 11.8 Å². The number of hydrogen-bond acceptors (Lipinski definition) is 5. The first-order valence-corrected chi connectivity index (χ1v) is 10.4. The van der Waals surface area contributed by atoms with E-state index in [1.54, 1.807) is 24.3 Å². The van der Waals surface area contributed by atoms with Crippen molar-refractivity contribution in [2.45, 2.75) is 44.8 Å². The third-order valence-electron chi connectivity index (χ3n) is 5.78. The van der Waals surface area contributed by atoms with Crippen molar-refractivity contribution in [3.05, 3.63) is 59.2 Å². The quantitative estimate of drug-likeness (QED) is 0.717. The SMILES string of the molecule is CCC(Nc1ccc(C#N)cc1)(C(=O)O)c1cc(C)cc(OC2CCN(C)CC2)c1. The van der Waals surface area contributed by atoms with E-state index in [4.69, 9.17) is 10.00 Å². The zero-order valence-electron chi connectivity index (χ0n) is 17.8. The Morgan fingerprint density at radius 2 is 1.93 bits per heavy atom. The molecule has 1 heterocycles. The van der Waals surface area contributed by atoms with E-state index in [0.29, 0.717) is 29.0 Å². The average Bonchev–Trinajstić information content (AvgIpc) is 2.73. The fourth-order valence-corrected chi connectivity index (χ4v) is 3.92. The van der Waals surface area contributed by atoms with Gasteiger partial charge in [0.1, 0.15) is 11.9 Å². The van der Waals surface area contributed by atoms with E-state index in [9.17, 15) is 9.90 Å². The van der Waals surface area contributed by atoms with E-state index in [1.165, 1.54) is 0 Å². The van der Waals surface area contributed by atoms with Gasteiger partial charge < -0.3 is 20.1 Å². The first-order chi connectivity index (χ1) is 14.4. The van der Waals surface area contributed by atoms with Crippen molar-refractivity contribution in [2.24, 2.45) is 0 Å². The van der Waals surface area contributed by atoms with Gasteiger partial charge in [0.05, 0.1) is 11.6 Å². The Kier molecular flexibility index (Phi) is 6.63. The molecule has 0 saturated carbocycles. The molecule has 0 bridgehead atoms. The Morgan fingerprint density at radius 1 is 1.27 bits per heavy atom. The molecular formula is C24H29N3O3. The van der Waals surface area contributed by atoms with E-state index in [0.717, 1.165) is 31.5 Å². The van der Waals surface area contributed by atoms with Crippen LogP contribution in [-0.2, 0) is 10.3 Å². The first kappa shape index (κ1) is 21.7. The maximum Gasteiger partial charge on any atom is 0.334 e. The molecule has 1 aliphatic rings. The molecule has 3 rings (SSSR count). The van der Waals surface area contributed by atoms with Gasteiger partial charge in [-0.05, 0) is 80.8 Å². The normalized spacial score (nSPS) is 17.0. The third kappa shape index (κ3) is 4.74. The van der Waals surface area contributed by atoms with Gasteiger partial charge in [-0.3, -0.25) is 0 Å². The molecule has 6 heteroatoms. The Bertz CT molecular complexity index is 928. The Morgan fingerprint density at radius 3 is 2.50 bits per heavy atom. The molecule has 0 amide bonds. The predicted molar refractivity (Wildman–Crippen MR) is 117 cm³/mol. The van der Waals surface area contributed by atoms with Crippen LogP contribution in [0.3, 0.4) is 0 Å². The lowest BCUT2D eigenvalue weighted by Crippen LogP contribution is -2.43. The lowest BCUT2D eigenvalue weighted by atomic mass is 9.85. The molecule has 0 spiro atoms. The zero-order chi connectivity index (χ0) is 21.7. The summed E-state index contributed by atoms with van der Waals surface area (Å²) in [5.41, 5.74) is 1.49. The van der Waals surface area contributed by atoms with Crippen LogP contribution in [0.15, 0.2) is 42.5 Å². The van der Waals surface area contributed by atoms with Crippen molar-refractivity contribution < 1.29 is 14.6 Å². The number of carbonyl (C=O) groups is 1. The lowest BCUT2D eigenvalue weighted by Gasteiger charge is -2.33. The van der Waals surface area contributed by atoms with Gasteiger partial charge >= 0.3 is 5.97 Å². The van der Waals surface area contributed by atoms with Crippen LogP contribution in [0.25, 0.3) is 0 Å². The molecule has 6 nitrogen and oxygen atoms in total. The van der Waals surface area contributed by atoms with Gasteiger partial charge in [0.2, 0.25) is 0 Å². The molecule has 158 valence electrons. The van der Waals surface area contributed by atoms with Gasteiger partial charge in [-0.2, -0.15) is 5.26 Å². The summed E-state index contributed by atoms with van der Waals surface area (Å²) in [6.45, 7) is 5.80. The monoisotopic (exact) mass is 407 g/mol. The third-order valence-corrected chi connectivity index (χ3v) is 5.78. The highest BCUT2D eigenvalue weighted by molar-refractivity contribution is 5.85. The number of aryl methyl sites for hydroxylation is 1. The number of piperidine rings is 1. The van der Waals surface area contributed by atoms with Crippen LogP contribution in [0.1, 0.15) is 42.9 Å². The lowest BCUT2D eigenvalue weighted by molar-refractivity contribution is -0.142. The second-order valence-corrected chi connectivity index (χ2v) is 8.03. The summed E-state index contributed by atoms with van der Waals surface area (Å²) >= 11 is 0. The topological polar surface area (TPSA) is 85.6 Å². The summed E-state index contributed by atoms with van der Waals surface area (Å²) in [6, 6.07) is 14.6. The molecule has 30 heavy (non-hydrogen) atoms. The van der Waals surface area contributed by atoms with E-state index in [1.807, 2.05) is 32.0 Å². The molecule has 0 aliphatic carbocycles. The second-order valence-electron chi connectivity index (χ2n) is 8.03. The minimum Gasteiger partial charge on any atom is -0.490 e. The molecule has 0 aromatic heterocycles. The Labute approximate surface area is 178 Å². The molecule has 2 aromatic carbocycles. The second kappa shape index (κ2) is 9.19. The van der Waals surface area contributed by atoms with Gasteiger partial charge in [0.15, 0.2) is 5.54 Å². The number of nitrogens with one attached hydrogen (secondary N) is 1. The molecule has 1 fully saturated rings. The van der Waals surface area contributed by atoms with Crippen LogP contribution in [-0.4, -0.2) is 42.2 Å². The molecule has 1 aliphatic heterocycles. The number of ether oxygens (including phenoxy) is 1. The molecule has 2 aromatic rings. The molecule has 1 saturated heterocycles. The van der Waals surface area contributed by atoms with Gasteiger partial charge in [0.25, 0.3) is 0 Å². The fraction of sp³-hybridized carbons (Fsp3) is 0.417. The summed E-state index contributed by atoms with van der Waals surface area (Å²) in [5, 5.41) is 22.4. The number of nitrogens with zero attached hydrogens (tertiary/aromatic N) is 2. The van der Waals surface area contributed by atoms with E-state index in [-0.39, 0.29) is 6.10 Å². The highest BCUT2D eigenvalue weighted by atomic mass is 16.5. The molecule has 1 unspecified atom stereocenters. The molecule has 0 radical (unpaired) electrons. The van der Waals surface area contributed by atoms with Gasteiger partial charge in [-0.1, -0.05) is 13.0 Å². The number of anilines is 1. The van der Waals surface area contributed by atoms with E-state index >= 15 is 0 Å². The molecular weight excluding hydrogens is 378 g/mol. The number of aliphatic carboxylic acids is 1. The largest absolute Gasteiger partial charge is 0.490 e. The van der Waals surface area contributed by atoms with Crippen LogP contribution in [0.5, 0.6) is 5.75 Å². The number of benzene rings is 2. The van der Waals surface area contributed by atoms with Crippen LogP contribution in [0.2, 0.25) is 0 Å². The number of nitriles is 1. The van der Waals surface area contributed by atoms with Crippen molar-refractivity contribution in [1.29, 1.82) is 5.26 Å². The summed E-state index contributed by atoms with van der Waals surface area (Å²) < 4.78 is 6.24. The maximum atomic E-state index is 12.5. The van der Waals surface area contributed by atoms with Gasteiger partial charge in [-0.25, -0.2) is 4.79 Å². The van der Waals surface area contributed by atoms with E-state index < -0.39 is 11.5 Å². The van der Waals surface area contributed by atoms with Crippen molar-refractivity contribution in [3.63, 3.8) is 0 Å². The van der Waals surface area contributed by atoms with Crippen molar-refractivity contribution >= 4 is 11.7 Å². The maximum absolute atomic E-state index is 12.5. The number of carboxylic acids is 1. The van der Waals surface area contributed by atoms with E-state index in [2.05, 4.69) is 23.3 Å². The Balaban J connectivity index is 1.92. The summed E-state index contributed by atoms with van der Waals surface area (Å²) in [5.74, 6) is -0.245. The smallest absolute Gasteiger partial charge is 0.334 e. The minimum atomic E-state index is -1.30. The number of hydrogen-bond donors (Lipinski definition) is 2. The fourth-order valence-electron chi connectivity index (χ4n) is 3.92. The van der Waals surface area contributed by atoms with Crippen LogP contribution in [0, 0.1) is 18.3 Å². The number of rotatable bonds is 7. The first-order valence-electron chi connectivity index (χ1n) is 10.4. The van der Waals surface area contributed by atoms with Crippen LogP contribution in [0.4, 0.5) is 5.69 Å². The molecule has 1 atom stereocenters. The average molecular weight is 408 g/mol. The van der Waals surface area contributed by atoms with Crippen molar-refractivity contribution in [1.82, 2.24) is 4.90 Å². The highest BCUT2D eigenvalue weighted by Crippen LogP contribution is 2.34. The summed E-state index contributed by atoms with van der Waals surface area (Å²) in [4.78, 5) is 14.8. The number of likely N-dealkylation sites (tertiary alicyclic amines) is 1. The summed E-state index contributed by atoms with van der Waals surface area (Å²) in [6.07, 6.45) is 2.41. The highest BCUT2D eigenvalue weighted by Gasteiger charge is 2.39. The zero-order valence-corrected chi connectivity index (χ0v) is 17.8. The van der Waals surface area contributed by atoms with Gasteiger partial charge in [-0.15, -0.1) is 0 Å². The summed E-state index contributed by atoms with van der Waals surface area (Å²) in [7, 11) is 2.11.